The van der Waals surface area contributed by atoms with Crippen LogP contribution < -0.4 is 11.1 Å². The van der Waals surface area contributed by atoms with Crippen LogP contribution in [0.25, 0.3) is 0 Å². The predicted molar refractivity (Wildman–Crippen MR) is 32.5 cm³/mol. The maximum atomic E-state index is 5.45. The van der Waals surface area contributed by atoms with Crippen LogP contribution in [-0.4, -0.2) is 18.6 Å². The minimum absolute atomic E-state index is 0.652. The molecule has 0 aromatic rings. The van der Waals surface area contributed by atoms with E-state index in [0.29, 0.717) is 6.04 Å². The van der Waals surface area contributed by atoms with Crippen LogP contribution in [0.4, 0.5) is 0 Å². The zero-order valence-corrected chi connectivity index (χ0v) is 4.93. The molecule has 2 rings (SSSR count). The van der Waals surface area contributed by atoms with Crippen molar-refractivity contribution in [2.24, 2.45) is 11.7 Å². The van der Waals surface area contributed by atoms with Gasteiger partial charge in [0.15, 0.2) is 0 Å². The maximum absolute atomic E-state index is 5.45. The fourth-order valence-electron chi connectivity index (χ4n) is 1.61. The lowest BCUT2D eigenvalue weighted by molar-refractivity contribution is 0.549. The van der Waals surface area contributed by atoms with Crippen LogP contribution in [0.3, 0.4) is 0 Å². The Balaban J connectivity index is 1.89. The van der Waals surface area contributed by atoms with Gasteiger partial charge in [-0.25, -0.2) is 0 Å². The molecule has 46 valence electrons. The van der Waals surface area contributed by atoms with Gasteiger partial charge in [0.1, 0.15) is 0 Å². The Morgan fingerprint density at radius 2 is 2.38 bits per heavy atom. The van der Waals surface area contributed by atoms with Crippen LogP contribution in [0, 0.1) is 5.92 Å². The summed E-state index contributed by atoms with van der Waals surface area (Å²) >= 11 is 0. The molecule has 2 heteroatoms. The Bertz CT molecular complexity index is 92.7. The van der Waals surface area contributed by atoms with E-state index in [4.69, 9.17) is 5.73 Å². The van der Waals surface area contributed by atoms with Crippen molar-refractivity contribution in [1.82, 2.24) is 5.32 Å². The van der Waals surface area contributed by atoms with Gasteiger partial charge in [0.25, 0.3) is 0 Å². The van der Waals surface area contributed by atoms with Crippen molar-refractivity contribution in [3.63, 3.8) is 0 Å². The molecule has 0 amide bonds. The number of piperidine rings is 1. The fraction of sp³-hybridized carbons (Fsp3) is 1.00. The third kappa shape index (κ3) is 0.565. The van der Waals surface area contributed by atoms with Gasteiger partial charge in [-0.15, -0.1) is 0 Å². The summed E-state index contributed by atoms with van der Waals surface area (Å²) in [4.78, 5) is 0. The molecular formula is C6H12N2. The number of nitrogens with two attached hydrogens (primary N) is 1. The van der Waals surface area contributed by atoms with E-state index in [2.05, 4.69) is 5.32 Å². The molecule has 1 aliphatic heterocycles. The van der Waals surface area contributed by atoms with Crippen molar-refractivity contribution < 1.29 is 0 Å². The van der Waals surface area contributed by atoms with E-state index >= 15 is 0 Å². The molecule has 1 saturated carbocycles. The third-order valence-corrected chi connectivity index (χ3v) is 2.24. The summed E-state index contributed by atoms with van der Waals surface area (Å²) in [6, 6.07) is 1.52. The highest BCUT2D eigenvalue weighted by Gasteiger charge is 2.44. The quantitative estimate of drug-likeness (QED) is 0.488. The lowest BCUT2D eigenvalue weighted by Crippen LogP contribution is -2.32. The molecule has 2 unspecified atom stereocenters. The molecule has 1 heterocycles. The van der Waals surface area contributed by atoms with Crippen LogP contribution in [0.15, 0.2) is 0 Å². The van der Waals surface area contributed by atoms with Gasteiger partial charge in [-0.3, -0.25) is 0 Å². The van der Waals surface area contributed by atoms with Crippen molar-refractivity contribution in [2.75, 3.05) is 6.54 Å². The molecule has 3 N–H and O–H groups in total. The Morgan fingerprint density at radius 1 is 1.50 bits per heavy atom. The summed E-state index contributed by atoms with van der Waals surface area (Å²) in [5, 5.41) is 3.45. The zero-order chi connectivity index (χ0) is 5.56. The molecule has 8 heavy (non-hydrogen) atoms. The van der Waals surface area contributed by atoms with Crippen molar-refractivity contribution in [3.05, 3.63) is 0 Å². The van der Waals surface area contributed by atoms with Crippen LogP contribution in [0.5, 0.6) is 0 Å². The van der Waals surface area contributed by atoms with E-state index < -0.39 is 0 Å². The van der Waals surface area contributed by atoms with Crippen LogP contribution in [0.2, 0.25) is 0 Å². The first-order valence-corrected chi connectivity index (χ1v) is 3.36. The van der Waals surface area contributed by atoms with Gasteiger partial charge in [-0.1, -0.05) is 0 Å². The molecule has 2 nitrogen and oxygen atoms in total. The Morgan fingerprint density at radius 3 is 2.75 bits per heavy atom. The molecule has 0 radical (unpaired) electrons. The number of rotatable bonds is 1. The minimum Gasteiger partial charge on any atom is -0.329 e. The van der Waals surface area contributed by atoms with Crippen molar-refractivity contribution >= 4 is 0 Å². The van der Waals surface area contributed by atoms with Gasteiger partial charge in [0.05, 0.1) is 0 Å². The SMILES string of the molecule is NC[C@@H]1CC2CC2N1. The highest BCUT2D eigenvalue weighted by molar-refractivity contribution is 5.03. The monoisotopic (exact) mass is 112 g/mol. The second-order valence-electron chi connectivity index (χ2n) is 2.94. The molecule has 0 aromatic heterocycles. The summed E-state index contributed by atoms with van der Waals surface area (Å²) in [6.07, 6.45) is 2.75. The average molecular weight is 112 g/mol. The molecule has 3 atom stereocenters. The van der Waals surface area contributed by atoms with Gasteiger partial charge in [0.2, 0.25) is 0 Å². The van der Waals surface area contributed by atoms with Gasteiger partial charge in [0, 0.05) is 18.6 Å². The van der Waals surface area contributed by atoms with Crippen LogP contribution in [-0.2, 0) is 0 Å². The summed E-state index contributed by atoms with van der Waals surface area (Å²) in [7, 11) is 0. The summed E-state index contributed by atoms with van der Waals surface area (Å²) < 4.78 is 0. The molecule has 0 aromatic carbocycles. The second kappa shape index (κ2) is 1.45. The molecule has 0 spiro atoms. The highest BCUT2D eigenvalue weighted by atomic mass is 15.1. The first-order valence-electron chi connectivity index (χ1n) is 3.36. The van der Waals surface area contributed by atoms with Crippen molar-refractivity contribution in [3.8, 4) is 0 Å². The Kier molecular flexibility index (Phi) is 0.866. The van der Waals surface area contributed by atoms with E-state index in [1.807, 2.05) is 0 Å². The first kappa shape index (κ1) is 4.77. The van der Waals surface area contributed by atoms with Gasteiger partial charge in [-0.2, -0.15) is 0 Å². The van der Waals surface area contributed by atoms with E-state index in [1.165, 1.54) is 12.8 Å². The van der Waals surface area contributed by atoms with E-state index in [1.54, 1.807) is 0 Å². The first-order chi connectivity index (χ1) is 3.90. The number of fused-ring (bicyclic) bond motifs is 1. The number of hydrogen-bond donors (Lipinski definition) is 2. The maximum Gasteiger partial charge on any atom is 0.0196 e. The lowest BCUT2D eigenvalue weighted by atomic mass is 10.2. The average Bonchev–Trinajstić information content (AvgIpc) is 2.40. The molecule has 2 aliphatic rings. The van der Waals surface area contributed by atoms with Crippen LogP contribution in [0.1, 0.15) is 12.8 Å². The molecular weight excluding hydrogens is 100 g/mol. The van der Waals surface area contributed by atoms with Crippen molar-refractivity contribution in [1.29, 1.82) is 0 Å². The van der Waals surface area contributed by atoms with Gasteiger partial charge < -0.3 is 11.1 Å². The molecule has 1 aliphatic carbocycles. The second-order valence-corrected chi connectivity index (χ2v) is 2.94. The normalized spacial score (nSPS) is 51.4. The standard InChI is InChI=1S/C6H12N2/c7-3-5-1-4-2-6(4)8-5/h4-6,8H,1-3,7H2/t4?,5-,6?/m0/s1. The number of hydrogen-bond acceptors (Lipinski definition) is 2. The predicted octanol–water partition coefficient (Wildman–Crippen LogP) is -0.305. The lowest BCUT2D eigenvalue weighted by Gasteiger charge is -2.07. The summed E-state index contributed by atoms with van der Waals surface area (Å²) in [6.45, 7) is 0.826. The summed E-state index contributed by atoms with van der Waals surface area (Å²) in [5.41, 5.74) is 5.45. The van der Waals surface area contributed by atoms with Gasteiger partial charge in [-0.05, 0) is 18.8 Å². The largest absolute Gasteiger partial charge is 0.329 e. The third-order valence-electron chi connectivity index (χ3n) is 2.24. The number of nitrogens with one attached hydrogen (secondary N) is 1. The molecule has 0 bridgehead atoms. The van der Waals surface area contributed by atoms with Crippen LogP contribution >= 0.6 is 0 Å². The van der Waals surface area contributed by atoms with Crippen molar-refractivity contribution in [2.45, 2.75) is 24.9 Å². The Hall–Kier alpha value is -0.0800. The summed E-state index contributed by atoms with van der Waals surface area (Å²) in [5.74, 6) is 1.00. The van der Waals surface area contributed by atoms with Gasteiger partial charge >= 0.3 is 0 Å². The van der Waals surface area contributed by atoms with E-state index in [-0.39, 0.29) is 0 Å². The molecule has 2 fully saturated rings. The topological polar surface area (TPSA) is 38.0 Å². The Labute approximate surface area is 49.4 Å². The highest BCUT2D eigenvalue weighted by Crippen LogP contribution is 2.40. The van der Waals surface area contributed by atoms with E-state index in [9.17, 15) is 0 Å². The smallest absolute Gasteiger partial charge is 0.0196 e. The zero-order valence-electron chi connectivity index (χ0n) is 4.93. The minimum atomic E-state index is 0.652. The molecule has 1 saturated heterocycles. The fourth-order valence-corrected chi connectivity index (χ4v) is 1.61. The van der Waals surface area contributed by atoms with E-state index in [0.717, 1.165) is 18.5 Å².